The third-order valence-corrected chi connectivity index (χ3v) is 5.38. The molecule has 4 aromatic rings. The van der Waals surface area contributed by atoms with Crippen molar-refractivity contribution >= 4 is 23.2 Å². The lowest BCUT2D eigenvalue weighted by Gasteiger charge is -2.07. The van der Waals surface area contributed by atoms with Gasteiger partial charge in [0.25, 0.3) is 0 Å². The summed E-state index contributed by atoms with van der Waals surface area (Å²) in [7, 11) is 0. The van der Waals surface area contributed by atoms with Crippen LogP contribution in [0.5, 0.6) is 0 Å². The molecule has 0 saturated heterocycles. The van der Waals surface area contributed by atoms with E-state index in [9.17, 15) is 4.79 Å². The molecule has 8 nitrogen and oxygen atoms in total. The number of amides is 1. The first kappa shape index (κ1) is 19.4. The Labute approximate surface area is 183 Å². The van der Waals surface area contributed by atoms with Crippen molar-refractivity contribution in [1.82, 2.24) is 25.2 Å². The third-order valence-electron chi connectivity index (χ3n) is 5.05. The van der Waals surface area contributed by atoms with E-state index < -0.39 is 0 Å². The normalized spacial score (nSPS) is 13.3. The van der Waals surface area contributed by atoms with Crippen LogP contribution in [0.2, 0.25) is 5.02 Å². The second-order valence-electron chi connectivity index (χ2n) is 7.41. The Morgan fingerprint density at radius 2 is 2.06 bits per heavy atom. The minimum absolute atomic E-state index is 0.128. The maximum atomic E-state index is 12.5. The first-order valence-electron chi connectivity index (χ1n) is 10.0. The molecule has 1 aliphatic rings. The summed E-state index contributed by atoms with van der Waals surface area (Å²) < 4.78 is 7.61. The Morgan fingerprint density at radius 3 is 2.90 bits per heavy atom. The average molecular weight is 435 g/mol. The zero-order valence-corrected chi connectivity index (χ0v) is 17.3. The minimum atomic E-state index is -0.128. The van der Waals surface area contributed by atoms with Gasteiger partial charge in [-0.05, 0) is 47.5 Å². The topological polar surface area (TPSA) is 98.7 Å². The molecule has 0 aliphatic heterocycles. The predicted molar refractivity (Wildman–Crippen MR) is 115 cm³/mol. The standard InChI is InChI=1S/C22H19ClN6O2/c23-18-7-2-1-6-17(18)19-13-24-21(31-19)11-10-20(30)25-15-5-3-4-14(12-15)22-26-27-28-29(22)16-8-9-16/h1-7,12-13,16H,8-11H2,(H,25,30). The van der Waals surface area contributed by atoms with Gasteiger partial charge in [-0.1, -0.05) is 35.9 Å². The number of carbonyl (C=O) groups excluding carboxylic acids is 1. The molecule has 0 bridgehead atoms. The van der Waals surface area contributed by atoms with Gasteiger partial charge in [0.2, 0.25) is 5.91 Å². The highest BCUT2D eigenvalue weighted by Crippen LogP contribution is 2.36. The van der Waals surface area contributed by atoms with E-state index in [0.717, 1.165) is 24.0 Å². The number of tetrazole rings is 1. The van der Waals surface area contributed by atoms with E-state index in [-0.39, 0.29) is 12.3 Å². The van der Waals surface area contributed by atoms with Crippen LogP contribution in [0.4, 0.5) is 5.69 Å². The monoisotopic (exact) mass is 434 g/mol. The summed E-state index contributed by atoms with van der Waals surface area (Å²) in [6, 6.07) is 15.3. The second kappa shape index (κ2) is 8.31. The molecule has 31 heavy (non-hydrogen) atoms. The van der Waals surface area contributed by atoms with Crippen LogP contribution in [-0.4, -0.2) is 31.1 Å². The lowest BCUT2D eigenvalue weighted by molar-refractivity contribution is -0.116. The van der Waals surface area contributed by atoms with E-state index in [2.05, 4.69) is 25.8 Å². The average Bonchev–Trinajstić information content (AvgIpc) is 3.31. The van der Waals surface area contributed by atoms with Gasteiger partial charge in [-0.15, -0.1) is 5.10 Å². The zero-order chi connectivity index (χ0) is 21.2. The molecule has 0 unspecified atom stereocenters. The maximum Gasteiger partial charge on any atom is 0.224 e. The van der Waals surface area contributed by atoms with Crippen LogP contribution < -0.4 is 5.32 Å². The van der Waals surface area contributed by atoms with Crippen LogP contribution >= 0.6 is 11.6 Å². The van der Waals surface area contributed by atoms with Gasteiger partial charge >= 0.3 is 0 Å². The maximum absolute atomic E-state index is 12.5. The summed E-state index contributed by atoms with van der Waals surface area (Å²) in [5, 5.41) is 15.5. The fourth-order valence-electron chi connectivity index (χ4n) is 3.34. The molecule has 1 N–H and O–H groups in total. The van der Waals surface area contributed by atoms with Gasteiger partial charge in [0.15, 0.2) is 17.5 Å². The fourth-order valence-corrected chi connectivity index (χ4v) is 3.57. The summed E-state index contributed by atoms with van der Waals surface area (Å²) >= 11 is 6.20. The summed E-state index contributed by atoms with van der Waals surface area (Å²) in [4.78, 5) is 16.7. The summed E-state index contributed by atoms with van der Waals surface area (Å²) in [6.07, 6.45) is 4.44. The fraction of sp³-hybridized carbons (Fsp3) is 0.227. The molecule has 2 aromatic carbocycles. The highest BCUT2D eigenvalue weighted by atomic mass is 35.5. The number of hydrogen-bond acceptors (Lipinski definition) is 6. The molecule has 1 saturated carbocycles. The number of benzene rings is 2. The van der Waals surface area contributed by atoms with E-state index in [1.807, 2.05) is 47.1 Å². The Bertz CT molecular complexity index is 1230. The molecule has 9 heteroatoms. The Kier molecular flexibility index (Phi) is 5.21. The lowest BCUT2D eigenvalue weighted by atomic mass is 10.2. The number of nitrogens with one attached hydrogen (secondary N) is 1. The van der Waals surface area contributed by atoms with Crippen LogP contribution in [0, 0.1) is 0 Å². The van der Waals surface area contributed by atoms with Gasteiger partial charge in [0.05, 0.1) is 17.3 Å². The molecule has 0 spiro atoms. The van der Waals surface area contributed by atoms with Gasteiger partial charge in [-0.3, -0.25) is 4.79 Å². The highest BCUT2D eigenvalue weighted by molar-refractivity contribution is 6.33. The first-order chi connectivity index (χ1) is 15.2. The van der Waals surface area contributed by atoms with E-state index in [4.69, 9.17) is 16.0 Å². The number of aryl methyl sites for hydroxylation is 1. The van der Waals surface area contributed by atoms with Crippen molar-refractivity contribution in [2.75, 3.05) is 5.32 Å². The molecule has 1 fully saturated rings. The third kappa shape index (κ3) is 4.34. The highest BCUT2D eigenvalue weighted by Gasteiger charge is 2.28. The summed E-state index contributed by atoms with van der Waals surface area (Å²) in [5.41, 5.74) is 2.33. The van der Waals surface area contributed by atoms with Crippen LogP contribution in [0.25, 0.3) is 22.7 Å². The smallest absolute Gasteiger partial charge is 0.224 e. The van der Waals surface area contributed by atoms with Crippen LogP contribution in [0.3, 0.4) is 0 Å². The Hall–Kier alpha value is -3.52. The molecule has 0 atom stereocenters. The molecule has 5 rings (SSSR count). The number of rotatable bonds is 7. The number of aromatic nitrogens is 5. The molecule has 1 amide bonds. The lowest BCUT2D eigenvalue weighted by Crippen LogP contribution is -2.12. The molecule has 2 heterocycles. The zero-order valence-electron chi connectivity index (χ0n) is 16.5. The predicted octanol–water partition coefficient (Wildman–Crippen LogP) is 4.55. The molecular formula is C22H19ClN6O2. The van der Waals surface area contributed by atoms with Crippen molar-refractivity contribution < 1.29 is 9.21 Å². The molecule has 1 aliphatic carbocycles. The molecule has 2 aromatic heterocycles. The van der Waals surface area contributed by atoms with Crippen molar-refractivity contribution in [2.24, 2.45) is 0 Å². The van der Waals surface area contributed by atoms with Gasteiger partial charge in [-0.25, -0.2) is 9.67 Å². The van der Waals surface area contributed by atoms with Gasteiger partial charge in [0, 0.05) is 29.7 Å². The summed E-state index contributed by atoms with van der Waals surface area (Å²) in [5.74, 6) is 1.66. The van der Waals surface area contributed by atoms with Crippen LogP contribution in [-0.2, 0) is 11.2 Å². The van der Waals surface area contributed by atoms with Crippen molar-refractivity contribution in [3.63, 3.8) is 0 Å². The number of halogens is 1. The van der Waals surface area contributed by atoms with Crippen LogP contribution in [0.1, 0.15) is 31.2 Å². The van der Waals surface area contributed by atoms with E-state index >= 15 is 0 Å². The van der Waals surface area contributed by atoms with E-state index in [0.29, 0.717) is 40.6 Å². The Balaban J connectivity index is 1.22. The first-order valence-corrected chi connectivity index (χ1v) is 10.4. The van der Waals surface area contributed by atoms with Crippen molar-refractivity contribution in [3.8, 4) is 22.7 Å². The van der Waals surface area contributed by atoms with E-state index in [1.165, 1.54) is 0 Å². The number of carbonyl (C=O) groups is 1. The van der Waals surface area contributed by atoms with Gasteiger partial charge in [-0.2, -0.15) is 0 Å². The van der Waals surface area contributed by atoms with E-state index in [1.54, 1.807) is 12.3 Å². The number of oxazole rings is 1. The summed E-state index contributed by atoms with van der Waals surface area (Å²) in [6.45, 7) is 0. The van der Waals surface area contributed by atoms with Gasteiger partial charge < -0.3 is 9.73 Å². The van der Waals surface area contributed by atoms with Crippen molar-refractivity contribution in [1.29, 1.82) is 0 Å². The second-order valence-corrected chi connectivity index (χ2v) is 7.81. The van der Waals surface area contributed by atoms with Crippen LogP contribution in [0.15, 0.2) is 59.1 Å². The Morgan fingerprint density at radius 1 is 1.19 bits per heavy atom. The largest absolute Gasteiger partial charge is 0.441 e. The number of hydrogen-bond donors (Lipinski definition) is 1. The van der Waals surface area contributed by atoms with Gasteiger partial charge in [0.1, 0.15) is 0 Å². The molecular weight excluding hydrogens is 416 g/mol. The van der Waals surface area contributed by atoms with Crippen molar-refractivity contribution in [3.05, 3.63) is 65.6 Å². The number of nitrogens with zero attached hydrogens (tertiary/aromatic N) is 5. The molecule has 0 radical (unpaired) electrons. The quantitative estimate of drug-likeness (QED) is 0.458. The van der Waals surface area contributed by atoms with Crippen molar-refractivity contribution in [2.45, 2.75) is 31.7 Å². The minimum Gasteiger partial charge on any atom is -0.441 e. The SMILES string of the molecule is O=C(CCc1ncc(-c2ccccc2Cl)o1)Nc1cccc(-c2nnnn2C2CC2)c1. The number of anilines is 1. The molecule has 156 valence electrons.